The summed E-state index contributed by atoms with van der Waals surface area (Å²) in [4.78, 5) is 26.5. The Bertz CT molecular complexity index is 875. The molecule has 1 aliphatic heterocycles. The molecule has 1 N–H and O–H groups in total. The molecule has 1 aromatic heterocycles. The highest BCUT2D eigenvalue weighted by molar-refractivity contribution is 5.86. The maximum absolute atomic E-state index is 13.3. The quantitative estimate of drug-likeness (QED) is 0.728. The van der Waals surface area contributed by atoms with Crippen LogP contribution in [0, 0.1) is 5.82 Å². The van der Waals surface area contributed by atoms with Crippen LogP contribution in [-0.2, 0) is 11.2 Å². The lowest BCUT2D eigenvalue weighted by atomic mass is 9.97. The minimum Gasteiger partial charge on any atom is -0.353 e. The first-order valence-corrected chi connectivity index (χ1v) is 10.4. The maximum Gasteiger partial charge on any atom is 0.231 e. The van der Waals surface area contributed by atoms with Crippen molar-refractivity contribution in [3.8, 4) is 0 Å². The molecule has 4 rings (SSSR count). The fourth-order valence-electron chi connectivity index (χ4n) is 4.48. The van der Waals surface area contributed by atoms with Crippen molar-refractivity contribution in [2.24, 2.45) is 0 Å². The van der Waals surface area contributed by atoms with Gasteiger partial charge in [0.1, 0.15) is 18.0 Å². The first kappa shape index (κ1) is 25.3. The van der Waals surface area contributed by atoms with E-state index >= 15 is 0 Å². The number of hydrogen-bond donors (Lipinski definition) is 1. The number of benzene rings is 1. The number of amides is 1. The summed E-state index contributed by atoms with van der Waals surface area (Å²) in [6.07, 6.45) is 3.82. The fourth-order valence-corrected chi connectivity index (χ4v) is 4.48. The molecule has 2 aliphatic rings. The van der Waals surface area contributed by atoms with Gasteiger partial charge in [-0.1, -0.05) is 19.1 Å². The molecule has 1 saturated heterocycles. The van der Waals surface area contributed by atoms with E-state index in [9.17, 15) is 9.18 Å². The van der Waals surface area contributed by atoms with Gasteiger partial charge in [0, 0.05) is 44.0 Å². The molecule has 1 aromatic carbocycles. The van der Waals surface area contributed by atoms with Crippen LogP contribution in [0.1, 0.15) is 42.0 Å². The molecule has 2 unspecified atom stereocenters. The van der Waals surface area contributed by atoms with Crippen LogP contribution in [0.3, 0.4) is 0 Å². The van der Waals surface area contributed by atoms with E-state index in [2.05, 4.69) is 27.1 Å². The first-order chi connectivity index (χ1) is 14.1. The van der Waals surface area contributed by atoms with Crippen molar-refractivity contribution in [3.63, 3.8) is 0 Å². The Hall–Kier alpha value is -1.96. The van der Waals surface area contributed by atoms with Crippen molar-refractivity contribution in [1.29, 1.82) is 0 Å². The SMILES string of the molecule is CNCC(C(=O)N1CCN(c2ncnc3c2C(C)CC3)CC1)c1ccc(F)cc1.Cl.Cl. The van der Waals surface area contributed by atoms with Crippen LogP contribution in [0.2, 0.25) is 0 Å². The highest BCUT2D eigenvalue weighted by Crippen LogP contribution is 2.37. The standard InChI is InChI=1S/C22H28FN5O.2ClH/c1-15-3-8-19-20(15)21(26-14-25-19)27-9-11-28(12-10-27)22(29)18(13-24-2)16-4-6-17(23)7-5-16;;/h4-7,14-15,18,24H,3,8-13H2,1-2H3;2*1H. The van der Waals surface area contributed by atoms with Gasteiger partial charge in [0.15, 0.2) is 0 Å². The zero-order chi connectivity index (χ0) is 20.4. The molecule has 1 aliphatic carbocycles. The summed E-state index contributed by atoms with van der Waals surface area (Å²) in [5.41, 5.74) is 3.30. The topological polar surface area (TPSA) is 61.4 Å². The Kier molecular flexibility index (Phi) is 9.03. The Morgan fingerprint density at radius 3 is 2.48 bits per heavy atom. The lowest BCUT2D eigenvalue weighted by molar-refractivity contribution is -0.133. The molecule has 1 amide bonds. The third kappa shape index (κ3) is 5.27. The second kappa shape index (κ2) is 11.1. The van der Waals surface area contributed by atoms with Gasteiger partial charge >= 0.3 is 0 Å². The third-order valence-electron chi connectivity index (χ3n) is 6.12. The molecule has 170 valence electrons. The predicted octanol–water partition coefficient (Wildman–Crippen LogP) is 3.16. The summed E-state index contributed by atoms with van der Waals surface area (Å²) in [5.74, 6) is 1.02. The van der Waals surface area contributed by atoms with Gasteiger partial charge in [-0.25, -0.2) is 14.4 Å². The van der Waals surface area contributed by atoms with Crippen LogP contribution in [0.4, 0.5) is 10.2 Å². The Morgan fingerprint density at radius 1 is 1.16 bits per heavy atom. The fraction of sp³-hybridized carbons (Fsp3) is 0.500. The summed E-state index contributed by atoms with van der Waals surface area (Å²) in [6, 6.07) is 6.24. The van der Waals surface area contributed by atoms with E-state index in [1.54, 1.807) is 18.5 Å². The lowest BCUT2D eigenvalue weighted by Crippen LogP contribution is -2.51. The van der Waals surface area contributed by atoms with Crippen LogP contribution >= 0.6 is 24.8 Å². The van der Waals surface area contributed by atoms with Gasteiger partial charge < -0.3 is 15.1 Å². The summed E-state index contributed by atoms with van der Waals surface area (Å²) in [7, 11) is 1.83. The molecule has 0 radical (unpaired) electrons. The molecule has 0 spiro atoms. The van der Waals surface area contributed by atoms with E-state index in [0.717, 1.165) is 37.3 Å². The molecular weight excluding hydrogens is 440 g/mol. The van der Waals surface area contributed by atoms with Gasteiger partial charge in [-0.2, -0.15) is 0 Å². The van der Waals surface area contributed by atoms with Gasteiger partial charge in [0.25, 0.3) is 0 Å². The van der Waals surface area contributed by atoms with Crippen molar-refractivity contribution in [1.82, 2.24) is 20.2 Å². The van der Waals surface area contributed by atoms with E-state index in [0.29, 0.717) is 25.6 Å². The van der Waals surface area contributed by atoms with Crippen LogP contribution in [0.5, 0.6) is 0 Å². The number of carbonyl (C=O) groups excluding carboxylic acids is 1. The number of nitrogens with zero attached hydrogens (tertiary/aromatic N) is 4. The number of hydrogen-bond acceptors (Lipinski definition) is 5. The molecule has 2 atom stereocenters. The number of aromatic nitrogens is 2. The molecule has 2 heterocycles. The molecule has 6 nitrogen and oxygen atoms in total. The molecular formula is C22H30Cl2FN5O. The summed E-state index contributed by atoms with van der Waals surface area (Å²) in [5, 5.41) is 3.10. The van der Waals surface area contributed by atoms with E-state index in [1.807, 2.05) is 11.9 Å². The number of piperazine rings is 1. The second-order valence-electron chi connectivity index (χ2n) is 7.97. The zero-order valence-electron chi connectivity index (χ0n) is 17.9. The Morgan fingerprint density at radius 2 is 1.84 bits per heavy atom. The third-order valence-corrected chi connectivity index (χ3v) is 6.12. The predicted molar refractivity (Wildman–Crippen MR) is 125 cm³/mol. The van der Waals surface area contributed by atoms with E-state index in [1.165, 1.54) is 23.4 Å². The molecule has 2 aromatic rings. The van der Waals surface area contributed by atoms with Crippen LogP contribution in [0.15, 0.2) is 30.6 Å². The number of rotatable bonds is 5. The second-order valence-corrected chi connectivity index (χ2v) is 7.97. The smallest absolute Gasteiger partial charge is 0.231 e. The average Bonchev–Trinajstić information content (AvgIpc) is 3.14. The molecule has 1 fully saturated rings. The van der Waals surface area contributed by atoms with Gasteiger partial charge in [-0.05, 0) is 43.5 Å². The first-order valence-electron chi connectivity index (χ1n) is 10.4. The number of fused-ring (bicyclic) bond motifs is 1. The normalized spacial score (nSPS) is 18.6. The number of likely N-dealkylation sites (N-methyl/N-ethyl adjacent to an activating group) is 1. The van der Waals surface area contributed by atoms with Gasteiger partial charge in [-0.15, -0.1) is 24.8 Å². The zero-order valence-corrected chi connectivity index (χ0v) is 19.5. The highest BCUT2D eigenvalue weighted by atomic mass is 35.5. The minimum absolute atomic E-state index is 0. The Balaban J connectivity index is 0.00000171. The molecule has 9 heteroatoms. The van der Waals surface area contributed by atoms with Crippen LogP contribution in [0.25, 0.3) is 0 Å². The number of halogens is 3. The van der Waals surface area contributed by atoms with Gasteiger partial charge in [0.2, 0.25) is 5.91 Å². The van der Waals surface area contributed by atoms with E-state index in [-0.39, 0.29) is 42.5 Å². The number of anilines is 1. The highest BCUT2D eigenvalue weighted by Gasteiger charge is 2.31. The summed E-state index contributed by atoms with van der Waals surface area (Å²) in [6.45, 7) is 5.61. The lowest BCUT2D eigenvalue weighted by Gasteiger charge is -2.38. The average molecular weight is 470 g/mol. The largest absolute Gasteiger partial charge is 0.353 e. The van der Waals surface area contributed by atoms with Gasteiger partial charge in [0.05, 0.1) is 5.92 Å². The van der Waals surface area contributed by atoms with Crippen molar-refractivity contribution in [3.05, 3.63) is 53.2 Å². The number of aryl methyl sites for hydroxylation is 1. The van der Waals surface area contributed by atoms with Crippen molar-refractivity contribution in [2.45, 2.75) is 31.6 Å². The van der Waals surface area contributed by atoms with Crippen LogP contribution < -0.4 is 10.2 Å². The van der Waals surface area contributed by atoms with Crippen molar-refractivity contribution in [2.75, 3.05) is 44.7 Å². The number of nitrogens with one attached hydrogen (secondary N) is 1. The molecule has 0 bridgehead atoms. The van der Waals surface area contributed by atoms with Crippen molar-refractivity contribution < 1.29 is 9.18 Å². The maximum atomic E-state index is 13.3. The van der Waals surface area contributed by atoms with Crippen molar-refractivity contribution >= 4 is 36.5 Å². The monoisotopic (exact) mass is 469 g/mol. The minimum atomic E-state index is -0.310. The van der Waals surface area contributed by atoms with Gasteiger partial charge in [-0.3, -0.25) is 4.79 Å². The van der Waals surface area contributed by atoms with Crippen LogP contribution in [-0.4, -0.2) is 60.5 Å². The molecule has 31 heavy (non-hydrogen) atoms. The Labute approximate surface area is 195 Å². The number of carbonyl (C=O) groups is 1. The van der Waals surface area contributed by atoms with E-state index < -0.39 is 0 Å². The van der Waals surface area contributed by atoms with E-state index in [4.69, 9.17) is 0 Å². The molecule has 0 saturated carbocycles. The summed E-state index contributed by atoms with van der Waals surface area (Å²) < 4.78 is 13.3. The summed E-state index contributed by atoms with van der Waals surface area (Å²) >= 11 is 0.